The molecule has 0 spiro atoms. The van der Waals surface area contributed by atoms with E-state index >= 15 is 0 Å². The average Bonchev–Trinajstić information content (AvgIpc) is 3.73. The van der Waals surface area contributed by atoms with E-state index < -0.39 is 11.7 Å². The van der Waals surface area contributed by atoms with Crippen molar-refractivity contribution in [1.29, 1.82) is 0 Å². The van der Waals surface area contributed by atoms with Crippen LogP contribution in [0.5, 0.6) is 0 Å². The summed E-state index contributed by atoms with van der Waals surface area (Å²) >= 11 is 1.65. The molecule has 67 heavy (non-hydrogen) atoms. The zero-order chi connectivity index (χ0) is 52.6. The van der Waals surface area contributed by atoms with Gasteiger partial charge in [0.25, 0.3) is 0 Å². The number of thiophene rings is 1. The first kappa shape index (κ1) is 73.8. The van der Waals surface area contributed by atoms with Crippen LogP contribution >= 0.6 is 11.3 Å². The van der Waals surface area contributed by atoms with Gasteiger partial charge in [-0.1, -0.05) is 179 Å². The highest BCUT2D eigenvalue weighted by molar-refractivity contribution is 7.08. The Morgan fingerprint density at radius 3 is 1.87 bits per heavy atom. The van der Waals surface area contributed by atoms with Crippen molar-refractivity contribution in [2.75, 3.05) is 51.0 Å². The molecule has 1 saturated carbocycles. The van der Waals surface area contributed by atoms with Crippen molar-refractivity contribution in [3.8, 4) is 0 Å². The van der Waals surface area contributed by atoms with Crippen LogP contribution < -0.4 is 16.1 Å². The number of benzene rings is 1. The van der Waals surface area contributed by atoms with Crippen LogP contribution in [-0.2, 0) is 17.4 Å². The number of alkyl halides is 3. The maximum Gasteiger partial charge on any atom is 0.418 e. The number of aliphatic hydroxyl groups excluding tert-OH is 1. The molecule has 2 unspecified atom stereocenters. The van der Waals surface area contributed by atoms with Crippen molar-refractivity contribution in [3.63, 3.8) is 0 Å². The highest BCUT2D eigenvalue weighted by atomic mass is 32.1. The van der Waals surface area contributed by atoms with Crippen molar-refractivity contribution in [3.05, 3.63) is 45.1 Å². The summed E-state index contributed by atoms with van der Waals surface area (Å²) in [4.78, 5) is 13.8. The highest BCUT2D eigenvalue weighted by Crippen LogP contribution is 2.37. The molecule has 11 heteroatoms. The topological polar surface area (TPSA) is 96.9 Å². The number of unbranched alkanes of at least 4 members (excludes halogenated alkanes) is 2. The standard InChI is InChI=1S/C11H17NOS.C10H12F3N.C10H23N.C9H21NO.C9H18.C3H8.C2H6O.C2H6/c1-3-5-9-7-14-8-10(9)12-11(13)6-4-2;1-6-4-7(2)9(14-3)8(5-6)10(11,12)13;1-5-8-11(4)9-7-10(3)6-2;1-3-4-5-6-9(2)7-8-10-11;1-3-9-6-4-8(2)5-7-9;1-3-2;1-2-3;1-2/h7-8H,3-6H2,1-2H3,(H,12,13);4-5,14H,1-3H3;10H,5-9H2,1-4H3;9-11H,3-8H2,1-2H3;8-9H,3-7H2,1-2H3;3H2,1-2H3;3H,2H2,1H3;1-2H3. The van der Waals surface area contributed by atoms with Crippen molar-refractivity contribution >= 4 is 28.6 Å². The second-order valence-electron chi connectivity index (χ2n) is 18.1. The van der Waals surface area contributed by atoms with Crippen LogP contribution in [0.25, 0.3) is 0 Å². The van der Waals surface area contributed by atoms with Crippen LogP contribution in [0.4, 0.5) is 24.5 Å². The van der Waals surface area contributed by atoms with E-state index in [4.69, 9.17) is 10.3 Å². The van der Waals surface area contributed by atoms with Gasteiger partial charge in [0, 0.05) is 37.7 Å². The third-order valence-corrected chi connectivity index (χ3v) is 11.9. The molecular formula is C56H111F3N4O3S. The molecule has 1 aliphatic carbocycles. The number of halogens is 3. The van der Waals surface area contributed by atoms with E-state index in [1.807, 2.05) is 26.2 Å². The van der Waals surface area contributed by atoms with Crippen LogP contribution in [0.3, 0.4) is 0 Å². The van der Waals surface area contributed by atoms with Gasteiger partial charge in [0.1, 0.15) is 0 Å². The Hall–Kier alpha value is -2.18. The molecule has 5 N–H and O–H groups in total. The van der Waals surface area contributed by atoms with Crippen molar-refractivity contribution < 1.29 is 28.3 Å². The molecule has 3 rings (SSSR count). The summed E-state index contributed by atoms with van der Waals surface area (Å²) in [5.74, 6) is 3.87. The number of aliphatic hydroxyl groups is 1. The fraction of sp³-hybridized carbons (Fsp3) is 0.804. The van der Waals surface area contributed by atoms with Crippen LogP contribution in [0.1, 0.15) is 228 Å². The Morgan fingerprint density at radius 1 is 0.836 bits per heavy atom. The minimum absolute atomic E-state index is 0.128. The van der Waals surface area contributed by atoms with Crippen molar-refractivity contribution in [2.45, 2.75) is 233 Å². The van der Waals surface area contributed by atoms with Gasteiger partial charge in [-0.05, 0) is 119 Å². The fourth-order valence-electron chi connectivity index (χ4n) is 6.93. The van der Waals surface area contributed by atoms with Gasteiger partial charge in [0.15, 0.2) is 0 Å². The van der Waals surface area contributed by atoms with Crippen LogP contribution in [0, 0.1) is 37.5 Å². The van der Waals surface area contributed by atoms with Gasteiger partial charge in [-0.2, -0.15) is 13.2 Å². The number of rotatable bonds is 20. The first-order valence-corrected chi connectivity index (χ1v) is 27.6. The Kier molecular flexibility index (Phi) is 56.9. The lowest BCUT2D eigenvalue weighted by Gasteiger charge is -2.24. The Labute approximate surface area is 418 Å². The van der Waals surface area contributed by atoms with Gasteiger partial charge in [-0.15, -0.1) is 11.3 Å². The monoisotopic (exact) mass is 977 g/mol. The summed E-state index contributed by atoms with van der Waals surface area (Å²) in [7, 11) is 3.71. The normalized spacial score (nSPS) is 14.6. The van der Waals surface area contributed by atoms with E-state index in [-0.39, 0.29) is 18.2 Å². The predicted molar refractivity (Wildman–Crippen MR) is 293 cm³/mol. The smallest absolute Gasteiger partial charge is 0.397 e. The number of anilines is 2. The molecule has 1 amide bonds. The van der Waals surface area contributed by atoms with E-state index in [2.05, 4.69) is 103 Å². The third kappa shape index (κ3) is 46.0. The molecule has 1 fully saturated rings. The number of hydrogen-bond donors (Lipinski definition) is 5. The number of carbonyl (C=O) groups is 1. The van der Waals surface area contributed by atoms with Gasteiger partial charge < -0.3 is 25.8 Å². The molecule has 0 saturated heterocycles. The van der Waals surface area contributed by atoms with Crippen LogP contribution in [-0.4, -0.2) is 61.5 Å². The first-order valence-electron chi connectivity index (χ1n) is 26.7. The summed E-state index contributed by atoms with van der Waals surface area (Å²) < 4.78 is 37.7. The second kappa shape index (κ2) is 51.7. The number of aryl methyl sites for hydroxylation is 3. The molecule has 0 aliphatic heterocycles. The van der Waals surface area contributed by atoms with E-state index in [1.54, 1.807) is 38.2 Å². The number of hydroxylamine groups is 1. The molecule has 0 bridgehead atoms. The molecule has 7 nitrogen and oxygen atoms in total. The number of amides is 1. The molecule has 1 aromatic heterocycles. The third-order valence-electron chi connectivity index (χ3n) is 11.1. The van der Waals surface area contributed by atoms with E-state index in [1.165, 1.54) is 109 Å². The predicted octanol–water partition coefficient (Wildman–Crippen LogP) is 17.8. The van der Waals surface area contributed by atoms with Gasteiger partial charge in [-0.3, -0.25) is 4.79 Å². The zero-order valence-corrected chi connectivity index (χ0v) is 47.8. The van der Waals surface area contributed by atoms with Crippen molar-refractivity contribution in [2.24, 2.45) is 23.7 Å². The number of carbonyl (C=O) groups excluding carboxylic acids is 1. The quantitative estimate of drug-likeness (QED) is 0.0670. The van der Waals surface area contributed by atoms with Crippen LogP contribution in [0.2, 0.25) is 0 Å². The molecule has 400 valence electrons. The molecule has 2 atom stereocenters. The van der Waals surface area contributed by atoms with Gasteiger partial charge in [-0.25, -0.2) is 5.48 Å². The first-order chi connectivity index (χ1) is 31.8. The maximum absolute atomic E-state index is 12.6. The molecule has 2 aromatic rings. The summed E-state index contributed by atoms with van der Waals surface area (Å²) in [6.07, 6.45) is 18.3. The lowest BCUT2D eigenvalue weighted by atomic mass is 9.82. The van der Waals surface area contributed by atoms with Gasteiger partial charge in [0.05, 0.1) is 11.3 Å². The SMILES string of the molecule is CC.CCC.CCC1CCC(C)CC1.CCCC(=O)Nc1cscc1CCC.CCCCCC(C)CCNO.CCCN(C)CCC(C)CC.CCO.CNc1c(C)cc(C)cc1C(F)(F)F. The summed E-state index contributed by atoms with van der Waals surface area (Å²) in [6, 6.07) is 2.87. The number of hydrogen-bond acceptors (Lipinski definition) is 7. The molecule has 1 aliphatic rings. The molecule has 1 heterocycles. The average molecular weight is 978 g/mol. The lowest BCUT2D eigenvalue weighted by Crippen LogP contribution is -2.21. The Bertz CT molecular complexity index is 1320. The van der Waals surface area contributed by atoms with Gasteiger partial charge >= 0.3 is 6.18 Å². The maximum atomic E-state index is 12.6. The Morgan fingerprint density at radius 2 is 1.42 bits per heavy atom. The minimum atomic E-state index is -4.30. The van der Waals surface area contributed by atoms with Crippen LogP contribution in [0.15, 0.2) is 22.9 Å². The summed E-state index contributed by atoms with van der Waals surface area (Å²) in [6.45, 7) is 36.9. The second-order valence-corrected chi connectivity index (χ2v) is 18.8. The van der Waals surface area contributed by atoms with E-state index in [0.717, 1.165) is 67.7 Å². The zero-order valence-electron chi connectivity index (χ0n) is 47.0. The van der Waals surface area contributed by atoms with E-state index in [0.29, 0.717) is 17.5 Å². The Balaban J connectivity index is -0.000000231. The summed E-state index contributed by atoms with van der Waals surface area (Å²) in [5.41, 5.74) is 5.25. The van der Waals surface area contributed by atoms with Crippen molar-refractivity contribution in [1.82, 2.24) is 10.4 Å². The minimum Gasteiger partial charge on any atom is -0.397 e. The molecule has 1 aromatic carbocycles. The highest BCUT2D eigenvalue weighted by Gasteiger charge is 2.34. The largest absolute Gasteiger partial charge is 0.418 e. The van der Waals surface area contributed by atoms with E-state index in [9.17, 15) is 18.0 Å². The lowest BCUT2D eigenvalue weighted by molar-refractivity contribution is -0.137. The fourth-order valence-corrected chi connectivity index (χ4v) is 7.76. The molecule has 0 radical (unpaired) electrons. The molecular weight excluding hydrogens is 866 g/mol. The number of nitrogens with one attached hydrogen (secondary N) is 3. The van der Waals surface area contributed by atoms with Gasteiger partial charge in [0.2, 0.25) is 5.91 Å². The number of nitrogens with zero attached hydrogens (tertiary/aromatic N) is 1. The summed E-state index contributed by atoms with van der Waals surface area (Å²) in [5, 5.41) is 25.6.